The average Bonchev–Trinajstić information content (AvgIpc) is 2.40. The summed E-state index contributed by atoms with van der Waals surface area (Å²) in [5.41, 5.74) is 1.82. The molecule has 18 heavy (non-hydrogen) atoms. The van der Waals surface area contributed by atoms with E-state index >= 15 is 0 Å². The molecule has 0 amide bonds. The molecule has 2 rings (SSSR count). The molecule has 0 aliphatic carbocycles. The van der Waals surface area contributed by atoms with Crippen LogP contribution in [0.15, 0.2) is 18.2 Å². The van der Waals surface area contributed by atoms with Gasteiger partial charge in [0.25, 0.3) is 0 Å². The maximum absolute atomic E-state index is 14.1. The molecule has 1 aromatic carbocycles. The lowest BCUT2D eigenvalue weighted by molar-refractivity contribution is 0.270. The van der Waals surface area contributed by atoms with E-state index in [-0.39, 0.29) is 5.82 Å². The zero-order valence-corrected chi connectivity index (χ0v) is 11.2. The Balaban J connectivity index is 2.17. The van der Waals surface area contributed by atoms with Crippen molar-refractivity contribution in [2.24, 2.45) is 0 Å². The second kappa shape index (κ2) is 6.16. The van der Waals surface area contributed by atoms with Gasteiger partial charge in [-0.3, -0.25) is 0 Å². The SMILES string of the molecule is CCN1CCN(c2c(F)cccc2CNC)CC1. The van der Waals surface area contributed by atoms with E-state index in [1.54, 1.807) is 12.1 Å². The van der Waals surface area contributed by atoms with Gasteiger partial charge in [0.15, 0.2) is 0 Å². The molecule has 0 saturated carbocycles. The van der Waals surface area contributed by atoms with Crippen LogP contribution in [-0.2, 0) is 6.54 Å². The first-order valence-corrected chi connectivity index (χ1v) is 6.65. The molecule has 0 aromatic heterocycles. The minimum absolute atomic E-state index is 0.104. The third-order valence-electron chi connectivity index (χ3n) is 3.57. The summed E-state index contributed by atoms with van der Waals surface area (Å²) in [6, 6.07) is 5.34. The number of hydrogen-bond acceptors (Lipinski definition) is 3. The minimum Gasteiger partial charge on any atom is -0.366 e. The topological polar surface area (TPSA) is 18.5 Å². The second-order valence-electron chi connectivity index (χ2n) is 4.70. The number of nitrogens with one attached hydrogen (secondary N) is 1. The molecule has 1 fully saturated rings. The van der Waals surface area contributed by atoms with Crippen LogP contribution in [0.1, 0.15) is 12.5 Å². The van der Waals surface area contributed by atoms with Crippen LogP contribution in [0.3, 0.4) is 0 Å². The highest BCUT2D eigenvalue weighted by molar-refractivity contribution is 5.55. The molecule has 1 N–H and O–H groups in total. The van der Waals surface area contributed by atoms with Crippen LogP contribution in [-0.4, -0.2) is 44.7 Å². The highest BCUT2D eigenvalue weighted by atomic mass is 19.1. The van der Waals surface area contributed by atoms with Gasteiger partial charge in [0.1, 0.15) is 5.82 Å². The van der Waals surface area contributed by atoms with Gasteiger partial charge in [0, 0.05) is 32.7 Å². The molecule has 1 heterocycles. The van der Waals surface area contributed by atoms with Crippen LogP contribution in [0.5, 0.6) is 0 Å². The van der Waals surface area contributed by atoms with E-state index in [1.165, 1.54) is 0 Å². The van der Waals surface area contributed by atoms with Crippen molar-refractivity contribution < 1.29 is 4.39 Å². The van der Waals surface area contributed by atoms with E-state index in [1.807, 2.05) is 13.1 Å². The number of anilines is 1. The number of halogens is 1. The number of para-hydroxylation sites is 1. The maximum atomic E-state index is 14.1. The van der Waals surface area contributed by atoms with Crippen molar-refractivity contribution >= 4 is 5.69 Å². The van der Waals surface area contributed by atoms with Gasteiger partial charge in [-0.2, -0.15) is 0 Å². The largest absolute Gasteiger partial charge is 0.366 e. The van der Waals surface area contributed by atoms with Crippen LogP contribution in [0, 0.1) is 5.82 Å². The van der Waals surface area contributed by atoms with Gasteiger partial charge in [-0.1, -0.05) is 19.1 Å². The Morgan fingerprint density at radius 1 is 1.22 bits per heavy atom. The first-order chi connectivity index (χ1) is 8.76. The summed E-state index contributed by atoms with van der Waals surface area (Å²) in [5.74, 6) is -0.104. The molecular formula is C14H22FN3. The van der Waals surface area contributed by atoms with E-state index in [0.717, 1.165) is 44.0 Å². The Kier molecular flexibility index (Phi) is 4.55. The molecular weight excluding hydrogens is 229 g/mol. The molecule has 1 saturated heterocycles. The van der Waals surface area contributed by atoms with Gasteiger partial charge in [0.2, 0.25) is 0 Å². The third kappa shape index (κ3) is 2.82. The fourth-order valence-electron chi connectivity index (χ4n) is 2.53. The lowest BCUT2D eigenvalue weighted by Crippen LogP contribution is -2.46. The maximum Gasteiger partial charge on any atom is 0.146 e. The summed E-state index contributed by atoms with van der Waals surface area (Å²) in [6.45, 7) is 7.81. The normalized spacial score (nSPS) is 17.2. The van der Waals surface area contributed by atoms with Crippen LogP contribution in [0.2, 0.25) is 0 Å². The lowest BCUT2D eigenvalue weighted by Gasteiger charge is -2.36. The molecule has 3 nitrogen and oxygen atoms in total. The van der Waals surface area contributed by atoms with Crippen molar-refractivity contribution in [3.8, 4) is 0 Å². The third-order valence-corrected chi connectivity index (χ3v) is 3.57. The lowest BCUT2D eigenvalue weighted by atomic mass is 10.1. The Morgan fingerprint density at radius 2 is 1.94 bits per heavy atom. The zero-order valence-electron chi connectivity index (χ0n) is 11.2. The summed E-state index contributed by atoms with van der Waals surface area (Å²) in [5, 5.41) is 3.11. The molecule has 0 atom stereocenters. The van der Waals surface area contributed by atoms with Gasteiger partial charge < -0.3 is 15.1 Å². The first kappa shape index (κ1) is 13.3. The predicted molar refractivity (Wildman–Crippen MR) is 73.5 cm³/mol. The smallest absolute Gasteiger partial charge is 0.146 e. The highest BCUT2D eigenvalue weighted by Crippen LogP contribution is 2.25. The molecule has 1 aromatic rings. The van der Waals surface area contributed by atoms with E-state index < -0.39 is 0 Å². The standard InChI is InChI=1S/C14H22FN3/c1-3-17-7-9-18(10-8-17)14-12(11-16-2)5-4-6-13(14)15/h4-6,16H,3,7-11H2,1-2H3. The Morgan fingerprint density at radius 3 is 2.56 bits per heavy atom. The Labute approximate surface area is 109 Å². The summed E-state index contributed by atoms with van der Waals surface area (Å²) in [6.07, 6.45) is 0. The van der Waals surface area contributed by atoms with E-state index in [9.17, 15) is 4.39 Å². The predicted octanol–water partition coefficient (Wildman–Crippen LogP) is 1.69. The summed E-state index contributed by atoms with van der Waals surface area (Å²) >= 11 is 0. The molecule has 0 bridgehead atoms. The van der Waals surface area contributed by atoms with Crippen LogP contribution in [0.25, 0.3) is 0 Å². The zero-order chi connectivity index (χ0) is 13.0. The number of benzene rings is 1. The molecule has 4 heteroatoms. The van der Waals surface area contributed by atoms with Gasteiger partial charge in [-0.15, -0.1) is 0 Å². The number of nitrogens with zero attached hydrogens (tertiary/aromatic N) is 2. The van der Waals surface area contributed by atoms with Gasteiger partial charge in [0.05, 0.1) is 5.69 Å². The molecule has 1 aliphatic heterocycles. The average molecular weight is 251 g/mol. The quantitative estimate of drug-likeness (QED) is 0.878. The Hall–Kier alpha value is -1.13. The number of hydrogen-bond donors (Lipinski definition) is 1. The van der Waals surface area contributed by atoms with Gasteiger partial charge in [-0.05, 0) is 25.2 Å². The van der Waals surface area contributed by atoms with E-state index in [4.69, 9.17) is 0 Å². The fraction of sp³-hybridized carbons (Fsp3) is 0.571. The number of likely N-dealkylation sites (N-methyl/N-ethyl adjacent to an activating group) is 1. The van der Waals surface area contributed by atoms with Gasteiger partial charge >= 0.3 is 0 Å². The second-order valence-corrected chi connectivity index (χ2v) is 4.70. The molecule has 0 spiro atoms. The molecule has 100 valence electrons. The Bertz CT molecular complexity index is 387. The van der Waals surface area contributed by atoms with Crippen LogP contribution >= 0.6 is 0 Å². The van der Waals surface area contributed by atoms with Crippen LogP contribution < -0.4 is 10.2 Å². The molecule has 1 aliphatic rings. The van der Waals surface area contributed by atoms with Crippen LogP contribution in [0.4, 0.5) is 10.1 Å². The summed E-state index contributed by atoms with van der Waals surface area (Å²) < 4.78 is 14.1. The van der Waals surface area contributed by atoms with Crippen molar-refractivity contribution in [1.29, 1.82) is 0 Å². The number of piperazine rings is 1. The molecule has 0 radical (unpaired) electrons. The monoisotopic (exact) mass is 251 g/mol. The van der Waals surface area contributed by atoms with Gasteiger partial charge in [-0.25, -0.2) is 4.39 Å². The van der Waals surface area contributed by atoms with Crippen molar-refractivity contribution in [3.05, 3.63) is 29.6 Å². The summed E-state index contributed by atoms with van der Waals surface area (Å²) in [4.78, 5) is 4.57. The van der Waals surface area contributed by atoms with Crippen molar-refractivity contribution in [2.75, 3.05) is 44.7 Å². The minimum atomic E-state index is -0.104. The van der Waals surface area contributed by atoms with Crippen molar-refractivity contribution in [2.45, 2.75) is 13.5 Å². The fourth-order valence-corrected chi connectivity index (χ4v) is 2.53. The molecule has 0 unspecified atom stereocenters. The van der Waals surface area contributed by atoms with Crippen molar-refractivity contribution in [3.63, 3.8) is 0 Å². The van der Waals surface area contributed by atoms with E-state index in [0.29, 0.717) is 6.54 Å². The number of rotatable bonds is 4. The summed E-state index contributed by atoms with van der Waals surface area (Å²) in [7, 11) is 1.89. The van der Waals surface area contributed by atoms with Crippen molar-refractivity contribution in [1.82, 2.24) is 10.2 Å². The first-order valence-electron chi connectivity index (χ1n) is 6.65. The van der Waals surface area contributed by atoms with E-state index in [2.05, 4.69) is 22.0 Å². The highest BCUT2D eigenvalue weighted by Gasteiger charge is 2.20.